The SMILES string of the molecule is C=C1CC[C@H](O)C/C1=C\C=C1/CCC[C@]2(C)[C@@H]([C@H](C)CCC(F)(F)C(C)(C)O)CC[C@@H]12. The lowest BCUT2D eigenvalue weighted by Crippen LogP contribution is -2.43. The second-order valence-corrected chi connectivity index (χ2v) is 11.3. The van der Waals surface area contributed by atoms with Gasteiger partial charge in [0.25, 0.3) is 5.92 Å². The van der Waals surface area contributed by atoms with E-state index in [0.29, 0.717) is 24.7 Å². The van der Waals surface area contributed by atoms with Crippen LogP contribution in [0.15, 0.2) is 35.5 Å². The highest BCUT2D eigenvalue weighted by molar-refractivity contribution is 5.36. The molecule has 5 atom stereocenters. The third kappa shape index (κ3) is 5.16. The molecule has 31 heavy (non-hydrogen) atoms. The summed E-state index contributed by atoms with van der Waals surface area (Å²) in [5.41, 5.74) is 2.00. The first-order valence-electron chi connectivity index (χ1n) is 12.2. The van der Waals surface area contributed by atoms with Gasteiger partial charge >= 0.3 is 0 Å². The van der Waals surface area contributed by atoms with Crippen molar-refractivity contribution in [2.24, 2.45) is 23.2 Å². The van der Waals surface area contributed by atoms with Crippen LogP contribution in [0.4, 0.5) is 8.78 Å². The van der Waals surface area contributed by atoms with E-state index in [1.165, 1.54) is 25.0 Å². The van der Waals surface area contributed by atoms with Gasteiger partial charge in [-0.05, 0) is 100 Å². The Labute approximate surface area is 187 Å². The van der Waals surface area contributed by atoms with Gasteiger partial charge in [0.1, 0.15) is 5.60 Å². The van der Waals surface area contributed by atoms with Crippen LogP contribution in [0.3, 0.4) is 0 Å². The van der Waals surface area contributed by atoms with Crippen LogP contribution in [0.2, 0.25) is 0 Å². The predicted molar refractivity (Wildman–Crippen MR) is 123 cm³/mol. The standard InChI is InChI=1S/C27H42F2O2/c1-18-8-11-22(30)17-21(18)10-9-20-7-6-15-26(5)23(12-13-24(20)26)19(2)14-16-27(28,29)25(3,4)31/h9-10,19,22-24,30-31H,1,6-8,11-17H2,2-5H3/b20-9+,21-10+/t19-,22+,23-,24+,26-/m1/s1. The fraction of sp³-hybridized carbons (Fsp3) is 0.778. The van der Waals surface area contributed by atoms with Crippen molar-refractivity contribution in [3.63, 3.8) is 0 Å². The van der Waals surface area contributed by atoms with Gasteiger partial charge in [-0.1, -0.05) is 43.7 Å². The molecule has 176 valence electrons. The van der Waals surface area contributed by atoms with Crippen molar-refractivity contribution in [2.75, 3.05) is 0 Å². The van der Waals surface area contributed by atoms with Gasteiger partial charge in [0.05, 0.1) is 6.10 Å². The molecular weight excluding hydrogens is 394 g/mol. The van der Waals surface area contributed by atoms with Crippen molar-refractivity contribution in [1.29, 1.82) is 0 Å². The zero-order valence-electron chi connectivity index (χ0n) is 19.9. The Kier molecular flexibility index (Phi) is 7.23. The van der Waals surface area contributed by atoms with Crippen LogP contribution in [0.5, 0.6) is 0 Å². The van der Waals surface area contributed by atoms with Crippen LogP contribution in [-0.2, 0) is 0 Å². The Bertz CT molecular complexity index is 730. The topological polar surface area (TPSA) is 40.5 Å². The first kappa shape index (κ1) is 24.6. The van der Waals surface area contributed by atoms with Crippen LogP contribution in [0.1, 0.15) is 91.9 Å². The van der Waals surface area contributed by atoms with E-state index in [9.17, 15) is 19.0 Å². The molecule has 3 aliphatic rings. The van der Waals surface area contributed by atoms with E-state index in [1.54, 1.807) is 0 Å². The van der Waals surface area contributed by atoms with Gasteiger partial charge < -0.3 is 10.2 Å². The third-order valence-corrected chi connectivity index (χ3v) is 8.72. The lowest BCUT2D eigenvalue weighted by molar-refractivity contribution is -0.168. The molecule has 0 aromatic heterocycles. The van der Waals surface area contributed by atoms with E-state index in [0.717, 1.165) is 50.5 Å². The molecule has 3 rings (SSSR count). The second kappa shape index (κ2) is 9.09. The van der Waals surface area contributed by atoms with Crippen molar-refractivity contribution in [3.05, 3.63) is 35.5 Å². The van der Waals surface area contributed by atoms with Crippen molar-refractivity contribution >= 4 is 0 Å². The van der Waals surface area contributed by atoms with Crippen molar-refractivity contribution in [1.82, 2.24) is 0 Å². The third-order valence-electron chi connectivity index (χ3n) is 8.72. The molecule has 3 fully saturated rings. The van der Waals surface area contributed by atoms with E-state index < -0.39 is 11.5 Å². The number of aliphatic hydroxyl groups excluding tert-OH is 1. The lowest BCUT2D eigenvalue weighted by atomic mass is 9.60. The lowest BCUT2D eigenvalue weighted by Gasteiger charge is -2.44. The minimum Gasteiger partial charge on any atom is -0.393 e. The van der Waals surface area contributed by atoms with Gasteiger partial charge in [-0.15, -0.1) is 0 Å². The molecule has 0 heterocycles. The van der Waals surface area contributed by atoms with E-state index in [2.05, 4.69) is 32.6 Å². The second-order valence-electron chi connectivity index (χ2n) is 11.3. The Morgan fingerprint density at radius 1 is 1.19 bits per heavy atom. The minimum absolute atomic E-state index is 0.162. The van der Waals surface area contributed by atoms with E-state index in [4.69, 9.17) is 0 Å². The fourth-order valence-corrected chi connectivity index (χ4v) is 6.53. The Hall–Kier alpha value is -1.00. The summed E-state index contributed by atoms with van der Waals surface area (Å²) in [6.45, 7) is 11.1. The molecular formula is C27H42F2O2. The quantitative estimate of drug-likeness (QED) is 0.471. The molecule has 2 N–H and O–H groups in total. The number of halogens is 2. The maximum atomic E-state index is 14.3. The summed E-state index contributed by atoms with van der Waals surface area (Å²) in [5.74, 6) is -1.88. The summed E-state index contributed by atoms with van der Waals surface area (Å²) in [5, 5.41) is 19.8. The van der Waals surface area contributed by atoms with Crippen LogP contribution in [0.25, 0.3) is 0 Å². The van der Waals surface area contributed by atoms with Crippen molar-refractivity contribution in [3.8, 4) is 0 Å². The number of allylic oxidation sites excluding steroid dienone is 4. The molecule has 0 saturated heterocycles. The summed E-state index contributed by atoms with van der Waals surface area (Å²) in [6.07, 6.45) is 12.4. The minimum atomic E-state index is -3.06. The summed E-state index contributed by atoms with van der Waals surface area (Å²) < 4.78 is 28.6. The monoisotopic (exact) mass is 436 g/mol. The van der Waals surface area contributed by atoms with Crippen LogP contribution in [0, 0.1) is 23.2 Å². The molecule has 0 aromatic carbocycles. The zero-order valence-corrected chi connectivity index (χ0v) is 19.9. The largest absolute Gasteiger partial charge is 0.393 e. The number of aliphatic hydroxyl groups is 2. The van der Waals surface area contributed by atoms with Crippen molar-refractivity contribution in [2.45, 2.75) is 110 Å². The summed E-state index contributed by atoms with van der Waals surface area (Å²) >= 11 is 0. The number of rotatable bonds is 6. The normalized spacial score (nSPS) is 36.1. The fourth-order valence-electron chi connectivity index (χ4n) is 6.53. The van der Waals surface area contributed by atoms with Gasteiger partial charge in [-0.25, -0.2) is 8.78 Å². The average molecular weight is 437 g/mol. The number of fused-ring (bicyclic) bond motifs is 1. The van der Waals surface area contributed by atoms with Crippen molar-refractivity contribution < 1.29 is 19.0 Å². The molecule has 0 radical (unpaired) electrons. The molecule has 0 unspecified atom stereocenters. The maximum absolute atomic E-state index is 14.3. The van der Waals surface area contributed by atoms with Crippen LogP contribution >= 0.6 is 0 Å². The average Bonchev–Trinajstić information content (AvgIpc) is 3.03. The van der Waals surface area contributed by atoms with Gasteiger partial charge in [0.15, 0.2) is 0 Å². The number of alkyl halides is 2. The maximum Gasteiger partial charge on any atom is 0.275 e. The molecule has 0 bridgehead atoms. The first-order valence-corrected chi connectivity index (χ1v) is 12.2. The van der Waals surface area contributed by atoms with Crippen LogP contribution < -0.4 is 0 Å². The highest BCUT2D eigenvalue weighted by Crippen LogP contribution is 2.60. The first-order chi connectivity index (χ1) is 14.3. The molecule has 3 saturated carbocycles. The highest BCUT2D eigenvalue weighted by Gasteiger charge is 2.51. The molecule has 2 nitrogen and oxygen atoms in total. The zero-order chi connectivity index (χ0) is 23.0. The Morgan fingerprint density at radius 3 is 2.58 bits per heavy atom. The van der Waals surface area contributed by atoms with E-state index in [-0.39, 0.29) is 23.9 Å². The summed E-state index contributed by atoms with van der Waals surface area (Å²) in [4.78, 5) is 0. The Morgan fingerprint density at radius 2 is 1.90 bits per heavy atom. The molecule has 0 aliphatic heterocycles. The molecule has 0 aromatic rings. The van der Waals surface area contributed by atoms with E-state index in [1.807, 2.05) is 0 Å². The molecule has 0 spiro atoms. The van der Waals surface area contributed by atoms with Crippen LogP contribution in [-0.4, -0.2) is 27.8 Å². The predicted octanol–water partition coefficient (Wildman–Crippen LogP) is 6.98. The number of hydrogen-bond acceptors (Lipinski definition) is 2. The molecule has 4 heteroatoms. The van der Waals surface area contributed by atoms with E-state index >= 15 is 0 Å². The van der Waals surface area contributed by atoms with Gasteiger partial charge in [0.2, 0.25) is 0 Å². The highest BCUT2D eigenvalue weighted by atomic mass is 19.3. The van der Waals surface area contributed by atoms with Gasteiger partial charge in [-0.2, -0.15) is 0 Å². The number of hydrogen-bond donors (Lipinski definition) is 2. The summed E-state index contributed by atoms with van der Waals surface area (Å²) in [6, 6.07) is 0. The molecule has 0 amide bonds. The smallest absolute Gasteiger partial charge is 0.275 e. The summed E-state index contributed by atoms with van der Waals surface area (Å²) in [7, 11) is 0. The van der Waals surface area contributed by atoms with Gasteiger partial charge in [0, 0.05) is 6.42 Å². The Balaban J connectivity index is 1.71. The molecule has 3 aliphatic carbocycles. The van der Waals surface area contributed by atoms with Gasteiger partial charge in [-0.3, -0.25) is 0 Å².